The highest BCUT2D eigenvalue weighted by molar-refractivity contribution is 7.99. The van der Waals surface area contributed by atoms with Crippen LogP contribution < -0.4 is 10.2 Å². The van der Waals surface area contributed by atoms with E-state index >= 15 is 0 Å². The molecule has 3 aromatic rings. The van der Waals surface area contributed by atoms with E-state index in [4.69, 9.17) is 4.74 Å². The summed E-state index contributed by atoms with van der Waals surface area (Å²) in [6.07, 6.45) is -0.0952. The van der Waals surface area contributed by atoms with Crippen LogP contribution in [0, 0.1) is 5.82 Å². The predicted molar refractivity (Wildman–Crippen MR) is 106 cm³/mol. The largest absolute Gasteiger partial charge is 0.378 e. The van der Waals surface area contributed by atoms with E-state index < -0.39 is 0 Å². The van der Waals surface area contributed by atoms with Gasteiger partial charge >= 0.3 is 0 Å². The quantitative estimate of drug-likeness (QED) is 0.638. The number of rotatable bonds is 6. The molecule has 1 aromatic heterocycles. The topological polar surface area (TPSA) is 68.1 Å². The van der Waals surface area contributed by atoms with Gasteiger partial charge < -0.3 is 9.64 Å². The lowest BCUT2D eigenvalue weighted by Gasteiger charge is -2.16. The second-order valence-corrected chi connectivity index (χ2v) is 7.68. The van der Waals surface area contributed by atoms with Crippen molar-refractivity contribution in [2.45, 2.75) is 17.5 Å². The number of nitrogens with zero attached hydrogens (tertiary/aromatic N) is 5. The van der Waals surface area contributed by atoms with Crippen LogP contribution in [0.4, 0.5) is 10.1 Å². The smallest absolute Gasteiger partial charge is 0.214 e. The van der Waals surface area contributed by atoms with Gasteiger partial charge in [0.2, 0.25) is 5.16 Å². The molecular formula is C19H21FN6OS. The van der Waals surface area contributed by atoms with Gasteiger partial charge in [0.1, 0.15) is 12.0 Å². The normalized spacial score (nSPS) is 19.1. The molecule has 1 N–H and O–H groups in total. The number of ether oxygens (including phenoxy) is 1. The van der Waals surface area contributed by atoms with Gasteiger partial charge in [-0.15, -0.1) is 5.10 Å². The van der Waals surface area contributed by atoms with Crippen molar-refractivity contribution in [3.8, 4) is 5.69 Å². The van der Waals surface area contributed by atoms with Crippen LogP contribution in [0.25, 0.3) is 5.69 Å². The average molecular weight is 400 g/mol. The van der Waals surface area contributed by atoms with Gasteiger partial charge in [0.05, 0.1) is 11.8 Å². The van der Waals surface area contributed by atoms with E-state index in [2.05, 4.69) is 50.0 Å². The number of thioether (sulfide) groups is 1. The minimum Gasteiger partial charge on any atom is -0.378 e. The number of aromatic nitrogens is 4. The fourth-order valence-electron chi connectivity index (χ4n) is 2.98. The van der Waals surface area contributed by atoms with E-state index in [0.717, 1.165) is 17.8 Å². The van der Waals surface area contributed by atoms with Crippen LogP contribution in [-0.2, 0) is 4.74 Å². The van der Waals surface area contributed by atoms with Crippen molar-refractivity contribution in [2.75, 3.05) is 31.3 Å². The molecule has 1 aliphatic heterocycles. The van der Waals surface area contributed by atoms with E-state index in [1.807, 2.05) is 14.1 Å². The maximum atomic E-state index is 13.5. The Hall–Kier alpha value is -2.49. The van der Waals surface area contributed by atoms with E-state index in [1.165, 1.54) is 28.6 Å². The number of tetrazole rings is 1. The molecule has 28 heavy (non-hydrogen) atoms. The summed E-state index contributed by atoms with van der Waals surface area (Å²) in [5.74, 6) is 0.366. The van der Waals surface area contributed by atoms with Crippen molar-refractivity contribution in [2.24, 2.45) is 0 Å². The van der Waals surface area contributed by atoms with Crippen LogP contribution in [0.3, 0.4) is 0 Å². The first-order valence-corrected chi connectivity index (χ1v) is 9.92. The van der Waals surface area contributed by atoms with Crippen LogP contribution in [0.1, 0.15) is 11.8 Å². The van der Waals surface area contributed by atoms with Crippen molar-refractivity contribution in [3.05, 3.63) is 59.9 Å². The lowest BCUT2D eigenvalue weighted by atomic mass is 10.2. The zero-order chi connectivity index (χ0) is 19.5. The van der Waals surface area contributed by atoms with Crippen molar-refractivity contribution in [1.29, 1.82) is 0 Å². The summed E-state index contributed by atoms with van der Waals surface area (Å²) in [5.41, 5.74) is 2.84. The highest BCUT2D eigenvalue weighted by Gasteiger charge is 2.26. The Morgan fingerprint density at radius 2 is 2.07 bits per heavy atom. The summed E-state index contributed by atoms with van der Waals surface area (Å²) in [6.45, 7) is 0.745. The summed E-state index contributed by atoms with van der Waals surface area (Å²) in [6, 6.07) is 14.5. The number of nitrogens with one attached hydrogen (secondary N) is 1. The molecule has 2 aromatic carbocycles. The minimum atomic E-state index is -0.324. The van der Waals surface area contributed by atoms with Gasteiger partial charge in [-0.3, -0.25) is 5.32 Å². The van der Waals surface area contributed by atoms with E-state index in [-0.39, 0.29) is 18.1 Å². The van der Waals surface area contributed by atoms with Crippen LogP contribution in [0.15, 0.2) is 53.7 Å². The maximum absolute atomic E-state index is 13.5. The molecule has 0 radical (unpaired) electrons. The Morgan fingerprint density at radius 1 is 1.25 bits per heavy atom. The first kappa shape index (κ1) is 18.9. The lowest BCUT2D eigenvalue weighted by Crippen LogP contribution is -2.17. The Kier molecular flexibility index (Phi) is 5.56. The SMILES string of the molecule is CN(C)c1ccc([C@@H]2NC[C@H](CSc3nnnn3-c3cccc(F)c3)O2)cc1. The molecule has 4 rings (SSSR count). The molecule has 146 valence electrons. The molecule has 0 unspecified atom stereocenters. The molecule has 0 saturated carbocycles. The van der Waals surface area contributed by atoms with Gasteiger partial charge in [-0.05, 0) is 46.3 Å². The van der Waals surface area contributed by atoms with Crippen LogP contribution in [0.2, 0.25) is 0 Å². The number of anilines is 1. The molecule has 0 amide bonds. The summed E-state index contributed by atoms with van der Waals surface area (Å²) in [7, 11) is 4.04. The molecular weight excluding hydrogens is 379 g/mol. The maximum Gasteiger partial charge on any atom is 0.214 e. The molecule has 7 nitrogen and oxygen atoms in total. The number of hydrogen-bond donors (Lipinski definition) is 1. The third-order valence-electron chi connectivity index (χ3n) is 4.46. The Labute approximate surface area is 166 Å². The fraction of sp³-hybridized carbons (Fsp3) is 0.316. The van der Waals surface area contributed by atoms with Gasteiger partial charge in [0.25, 0.3) is 0 Å². The van der Waals surface area contributed by atoms with Gasteiger partial charge in [-0.1, -0.05) is 30.0 Å². The van der Waals surface area contributed by atoms with Gasteiger partial charge in [-0.25, -0.2) is 4.39 Å². The highest BCUT2D eigenvalue weighted by Crippen LogP contribution is 2.27. The molecule has 1 saturated heterocycles. The third-order valence-corrected chi connectivity index (χ3v) is 5.51. The Balaban J connectivity index is 1.36. The van der Waals surface area contributed by atoms with Gasteiger partial charge in [-0.2, -0.15) is 4.68 Å². The molecule has 0 spiro atoms. The van der Waals surface area contributed by atoms with Crippen LogP contribution in [0.5, 0.6) is 0 Å². The lowest BCUT2D eigenvalue weighted by molar-refractivity contribution is 0.0534. The van der Waals surface area contributed by atoms with Gasteiger partial charge in [0.15, 0.2) is 0 Å². The Bertz CT molecular complexity index is 932. The van der Waals surface area contributed by atoms with Crippen LogP contribution >= 0.6 is 11.8 Å². The van der Waals surface area contributed by atoms with Crippen molar-refractivity contribution >= 4 is 17.4 Å². The summed E-state index contributed by atoms with van der Waals surface area (Å²) < 4.78 is 21.1. The Morgan fingerprint density at radius 3 is 2.82 bits per heavy atom. The molecule has 2 atom stereocenters. The van der Waals surface area contributed by atoms with Gasteiger partial charge in [0, 0.05) is 32.1 Å². The molecule has 0 bridgehead atoms. The molecule has 0 aliphatic carbocycles. The number of hydrogen-bond acceptors (Lipinski definition) is 7. The van der Waals surface area contributed by atoms with E-state index in [9.17, 15) is 4.39 Å². The number of halogens is 1. The standard InChI is InChI=1S/C19H21FN6OS/c1-25(2)15-8-6-13(7-9-15)18-21-11-17(27-18)12-28-19-22-23-24-26(19)16-5-3-4-14(20)10-16/h3-10,17-18,21H,11-12H2,1-2H3/t17-,18-/m1/s1. The zero-order valence-corrected chi connectivity index (χ0v) is 16.4. The second kappa shape index (κ2) is 8.26. The first-order chi connectivity index (χ1) is 13.6. The number of benzene rings is 2. The van der Waals surface area contributed by atoms with E-state index in [0.29, 0.717) is 16.6 Å². The third kappa shape index (κ3) is 4.16. The molecule has 2 heterocycles. The molecule has 1 aliphatic rings. The van der Waals surface area contributed by atoms with Crippen molar-refractivity contribution < 1.29 is 9.13 Å². The van der Waals surface area contributed by atoms with Crippen LogP contribution in [-0.4, -0.2) is 52.7 Å². The highest BCUT2D eigenvalue weighted by atomic mass is 32.2. The summed E-state index contributed by atoms with van der Waals surface area (Å²) in [4.78, 5) is 2.06. The average Bonchev–Trinajstić information content (AvgIpc) is 3.36. The summed E-state index contributed by atoms with van der Waals surface area (Å²) in [5, 5.41) is 15.7. The van der Waals surface area contributed by atoms with E-state index in [1.54, 1.807) is 12.1 Å². The fourth-order valence-corrected chi connectivity index (χ4v) is 3.87. The first-order valence-electron chi connectivity index (χ1n) is 8.93. The zero-order valence-electron chi connectivity index (χ0n) is 15.6. The predicted octanol–water partition coefficient (Wildman–Crippen LogP) is 2.65. The molecule has 9 heteroatoms. The monoisotopic (exact) mass is 400 g/mol. The summed E-state index contributed by atoms with van der Waals surface area (Å²) >= 11 is 1.49. The molecule has 1 fully saturated rings. The second-order valence-electron chi connectivity index (χ2n) is 6.70. The minimum absolute atomic E-state index is 0.0289. The van der Waals surface area contributed by atoms with Crippen molar-refractivity contribution in [3.63, 3.8) is 0 Å². The van der Waals surface area contributed by atoms with Crippen molar-refractivity contribution in [1.82, 2.24) is 25.5 Å².